The first-order valence-corrected chi connectivity index (χ1v) is 7.93. The first kappa shape index (κ1) is 15.7. The van der Waals surface area contributed by atoms with Crippen molar-refractivity contribution in [2.24, 2.45) is 11.8 Å². The minimum absolute atomic E-state index is 0.0440. The highest BCUT2D eigenvalue weighted by Gasteiger charge is 2.30. The Kier molecular flexibility index (Phi) is 4.71. The molecule has 0 spiro atoms. The normalized spacial score (nSPS) is 20.6. The Morgan fingerprint density at radius 2 is 2.30 bits per heavy atom. The van der Waals surface area contributed by atoms with Crippen molar-refractivity contribution in [3.8, 4) is 5.69 Å². The van der Waals surface area contributed by atoms with Crippen molar-refractivity contribution in [1.82, 2.24) is 14.8 Å². The average molecular weight is 314 g/mol. The van der Waals surface area contributed by atoms with Gasteiger partial charge in [0.25, 0.3) is 0 Å². The van der Waals surface area contributed by atoms with Crippen LogP contribution in [0.2, 0.25) is 0 Å². The molecule has 0 saturated heterocycles. The van der Waals surface area contributed by atoms with E-state index in [0.717, 1.165) is 37.1 Å². The summed E-state index contributed by atoms with van der Waals surface area (Å²) >= 11 is 0. The summed E-state index contributed by atoms with van der Waals surface area (Å²) in [5.41, 5.74) is 2.58. The number of carbonyl (C=O) groups is 1. The van der Waals surface area contributed by atoms with Gasteiger partial charge in [0.05, 0.1) is 23.8 Å². The summed E-state index contributed by atoms with van der Waals surface area (Å²) in [5.74, 6) is 0.585. The van der Waals surface area contributed by atoms with E-state index in [2.05, 4.69) is 15.4 Å². The molecule has 6 nitrogen and oxygen atoms in total. The fourth-order valence-corrected chi connectivity index (χ4v) is 3.16. The van der Waals surface area contributed by atoms with E-state index in [4.69, 9.17) is 4.74 Å². The number of methoxy groups -OCH3 is 1. The van der Waals surface area contributed by atoms with Gasteiger partial charge >= 0.3 is 0 Å². The van der Waals surface area contributed by atoms with Crippen molar-refractivity contribution >= 4 is 11.6 Å². The summed E-state index contributed by atoms with van der Waals surface area (Å²) in [6, 6.07) is 1.85. The fourth-order valence-electron chi connectivity index (χ4n) is 3.16. The number of aromatic nitrogens is 3. The van der Waals surface area contributed by atoms with Crippen LogP contribution in [-0.4, -0.2) is 34.4 Å². The Balaban J connectivity index is 1.72. The third-order valence-electron chi connectivity index (χ3n) is 4.33. The van der Waals surface area contributed by atoms with Crippen LogP contribution < -0.4 is 5.32 Å². The topological polar surface area (TPSA) is 69.0 Å². The maximum Gasteiger partial charge on any atom is 0.227 e. The molecule has 0 radical (unpaired) electrons. The molecule has 1 aliphatic carbocycles. The summed E-state index contributed by atoms with van der Waals surface area (Å²) < 4.78 is 6.96. The number of rotatable bonds is 5. The van der Waals surface area contributed by atoms with Gasteiger partial charge in [-0.1, -0.05) is 0 Å². The molecule has 0 unspecified atom stereocenters. The molecule has 0 bridgehead atoms. The molecule has 6 heteroatoms. The SMILES string of the molecule is COC[C@@H]1CC[C@H](C(=O)Nc2cnccc2-n2cc(C)cn2)C1. The van der Waals surface area contributed by atoms with Gasteiger partial charge in [-0.05, 0) is 43.7 Å². The van der Waals surface area contributed by atoms with Crippen LogP contribution in [0.4, 0.5) is 5.69 Å². The summed E-state index contributed by atoms with van der Waals surface area (Å²) in [7, 11) is 1.71. The number of anilines is 1. The molecule has 1 amide bonds. The molecule has 1 saturated carbocycles. The Labute approximate surface area is 135 Å². The van der Waals surface area contributed by atoms with Gasteiger partial charge in [0.15, 0.2) is 0 Å². The monoisotopic (exact) mass is 314 g/mol. The summed E-state index contributed by atoms with van der Waals surface area (Å²) in [5, 5.41) is 7.33. The lowest BCUT2D eigenvalue weighted by molar-refractivity contribution is -0.119. The van der Waals surface area contributed by atoms with E-state index < -0.39 is 0 Å². The molecule has 0 aliphatic heterocycles. The second kappa shape index (κ2) is 6.91. The molecule has 1 N–H and O–H groups in total. The predicted octanol–water partition coefficient (Wildman–Crippen LogP) is 2.58. The van der Waals surface area contributed by atoms with Crippen molar-refractivity contribution in [3.63, 3.8) is 0 Å². The van der Waals surface area contributed by atoms with Crippen molar-refractivity contribution in [3.05, 3.63) is 36.4 Å². The van der Waals surface area contributed by atoms with E-state index in [1.165, 1.54) is 0 Å². The van der Waals surface area contributed by atoms with Gasteiger partial charge in [-0.2, -0.15) is 5.10 Å². The van der Waals surface area contributed by atoms with Gasteiger partial charge in [0, 0.05) is 32.0 Å². The number of hydrogen-bond donors (Lipinski definition) is 1. The average Bonchev–Trinajstić information content (AvgIpc) is 3.17. The highest BCUT2D eigenvalue weighted by molar-refractivity contribution is 5.94. The van der Waals surface area contributed by atoms with Gasteiger partial charge in [-0.3, -0.25) is 9.78 Å². The van der Waals surface area contributed by atoms with Crippen LogP contribution in [0.15, 0.2) is 30.9 Å². The number of carbonyl (C=O) groups excluding carboxylic acids is 1. The summed E-state index contributed by atoms with van der Waals surface area (Å²) in [6.45, 7) is 2.71. The molecule has 1 aliphatic rings. The molecule has 23 heavy (non-hydrogen) atoms. The van der Waals surface area contributed by atoms with E-state index in [-0.39, 0.29) is 11.8 Å². The standard InChI is InChI=1S/C17H22N4O2/c1-12-8-19-21(10-12)16-5-6-18-9-15(16)20-17(22)14-4-3-13(7-14)11-23-2/h5-6,8-10,13-14H,3-4,7,11H2,1-2H3,(H,20,22)/t13-,14+/m1/s1. The van der Waals surface area contributed by atoms with E-state index in [1.54, 1.807) is 30.4 Å². The Morgan fingerprint density at radius 1 is 1.43 bits per heavy atom. The molecule has 3 rings (SSSR count). The maximum absolute atomic E-state index is 12.5. The zero-order valence-electron chi connectivity index (χ0n) is 13.5. The van der Waals surface area contributed by atoms with Gasteiger partial charge in [-0.25, -0.2) is 4.68 Å². The molecular formula is C17H22N4O2. The van der Waals surface area contributed by atoms with E-state index >= 15 is 0 Å². The summed E-state index contributed by atoms with van der Waals surface area (Å²) in [4.78, 5) is 16.7. The number of ether oxygens (including phenoxy) is 1. The van der Waals surface area contributed by atoms with Gasteiger partial charge in [-0.15, -0.1) is 0 Å². The van der Waals surface area contributed by atoms with Crippen LogP contribution in [0.1, 0.15) is 24.8 Å². The van der Waals surface area contributed by atoms with Crippen LogP contribution in [0.25, 0.3) is 5.69 Å². The molecule has 2 atom stereocenters. The number of aryl methyl sites for hydroxylation is 1. The largest absolute Gasteiger partial charge is 0.384 e. The van der Waals surface area contributed by atoms with Crippen LogP contribution >= 0.6 is 0 Å². The Bertz CT molecular complexity index is 683. The molecule has 2 heterocycles. The van der Waals surface area contributed by atoms with Crippen LogP contribution in [0.3, 0.4) is 0 Å². The predicted molar refractivity (Wildman–Crippen MR) is 87.4 cm³/mol. The second-order valence-corrected chi connectivity index (χ2v) is 6.18. The van der Waals surface area contributed by atoms with E-state index in [1.807, 2.05) is 19.2 Å². The van der Waals surface area contributed by atoms with Crippen molar-refractivity contribution in [2.75, 3.05) is 19.0 Å². The maximum atomic E-state index is 12.5. The van der Waals surface area contributed by atoms with Crippen molar-refractivity contribution in [2.45, 2.75) is 26.2 Å². The second-order valence-electron chi connectivity index (χ2n) is 6.18. The third kappa shape index (κ3) is 3.59. The van der Waals surface area contributed by atoms with Gasteiger partial charge in [0.2, 0.25) is 5.91 Å². The first-order valence-electron chi connectivity index (χ1n) is 7.93. The van der Waals surface area contributed by atoms with Crippen molar-refractivity contribution in [1.29, 1.82) is 0 Å². The van der Waals surface area contributed by atoms with E-state index in [9.17, 15) is 4.79 Å². The summed E-state index contributed by atoms with van der Waals surface area (Å²) in [6.07, 6.45) is 9.93. The molecule has 1 fully saturated rings. The Morgan fingerprint density at radius 3 is 3.04 bits per heavy atom. The lowest BCUT2D eigenvalue weighted by Gasteiger charge is -2.14. The molecular weight excluding hydrogens is 292 g/mol. The van der Waals surface area contributed by atoms with Crippen LogP contribution in [0, 0.1) is 18.8 Å². The number of nitrogens with one attached hydrogen (secondary N) is 1. The highest BCUT2D eigenvalue weighted by atomic mass is 16.5. The first-order chi connectivity index (χ1) is 11.2. The van der Waals surface area contributed by atoms with Crippen LogP contribution in [0.5, 0.6) is 0 Å². The number of pyridine rings is 1. The fraction of sp³-hybridized carbons (Fsp3) is 0.471. The molecule has 0 aromatic carbocycles. The number of amides is 1. The lowest BCUT2D eigenvalue weighted by Crippen LogP contribution is -2.22. The lowest BCUT2D eigenvalue weighted by atomic mass is 10.0. The minimum Gasteiger partial charge on any atom is -0.384 e. The number of hydrogen-bond acceptors (Lipinski definition) is 4. The van der Waals surface area contributed by atoms with Gasteiger partial charge in [0.1, 0.15) is 0 Å². The molecule has 122 valence electrons. The minimum atomic E-state index is 0.0440. The smallest absolute Gasteiger partial charge is 0.227 e. The molecule has 2 aromatic heterocycles. The van der Waals surface area contributed by atoms with Crippen molar-refractivity contribution < 1.29 is 9.53 Å². The van der Waals surface area contributed by atoms with Crippen LogP contribution in [-0.2, 0) is 9.53 Å². The van der Waals surface area contributed by atoms with Gasteiger partial charge < -0.3 is 10.1 Å². The Hall–Kier alpha value is -2.21. The zero-order valence-corrected chi connectivity index (χ0v) is 13.5. The highest BCUT2D eigenvalue weighted by Crippen LogP contribution is 2.32. The molecule has 2 aromatic rings. The number of nitrogens with zero attached hydrogens (tertiary/aromatic N) is 3. The zero-order chi connectivity index (χ0) is 16.2. The quantitative estimate of drug-likeness (QED) is 0.921. The third-order valence-corrected chi connectivity index (χ3v) is 4.33. The van der Waals surface area contributed by atoms with E-state index in [0.29, 0.717) is 11.6 Å².